The molecule has 134 valence electrons. The van der Waals surface area contributed by atoms with E-state index in [0.717, 1.165) is 44.8 Å². The molecule has 1 N–H and O–H groups in total. The van der Waals surface area contributed by atoms with Gasteiger partial charge in [0.1, 0.15) is 0 Å². The molecule has 0 radical (unpaired) electrons. The lowest BCUT2D eigenvalue weighted by atomic mass is 10.2. The highest BCUT2D eigenvalue weighted by Gasteiger charge is 2.18. The summed E-state index contributed by atoms with van der Waals surface area (Å²) in [5.41, 5.74) is 1.26. The number of carbonyl (C=O) groups excluding carboxylic acids is 1. The smallest absolute Gasteiger partial charge is 0.254 e. The summed E-state index contributed by atoms with van der Waals surface area (Å²) in [6.07, 6.45) is 7.93. The van der Waals surface area contributed by atoms with Crippen LogP contribution in [0.5, 0.6) is 0 Å². The van der Waals surface area contributed by atoms with Gasteiger partial charge in [0, 0.05) is 57.9 Å². The number of anilines is 1. The molecule has 1 amide bonds. The molecular formula is C17H25N7O. The number of hydrogen-bond donors (Lipinski definition) is 1. The van der Waals surface area contributed by atoms with Gasteiger partial charge in [0.15, 0.2) is 0 Å². The first-order chi connectivity index (χ1) is 12.1. The number of aromatic nitrogens is 4. The van der Waals surface area contributed by atoms with Crippen LogP contribution >= 0.6 is 0 Å². The van der Waals surface area contributed by atoms with Crippen LogP contribution in [0.15, 0.2) is 24.9 Å². The highest BCUT2D eigenvalue weighted by Crippen LogP contribution is 2.13. The second-order valence-corrected chi connectivity index (χ2v) is 6.37. The fraction of sp³-hybridized carbons (Fsp3) is 0.529. The molecule has 1 aliphatic rings. The Bertz CT molecular complexity index is 693. The van der Waals surface area contributed by atoms with Crippen LogP contribution in [0.3, 0.4) is 0 Å². The first-order valence-corrected chi connectivity index (χ1v) is 8.64. The number of hydrogen-bond acceptors (Lipinski definition) is 6. The summed E-state index contributed by atoms with van der Waals surface area (Å²) in [5.74, 6) is 0.593. The number of likely N-dealkylation sites (N-methyl/N-ethyl adjacent to an activating group) is 1. The summed E-state index contributed by atoms with van der Waals surface area (Å²) < 4.78 is 1.99. The Morgan fingerprint density at radius 1 is 1.28 bits per heavy atom. The van der Waals surface area contributed by atoms with E-state index in [4.69, 9.17) is 0 Å². The van der Waals surface area contributed by atoms with Gasteiger partial charge in [-0.1, -0.05) is 0 Å². The third-order valence-corrected chi connectivity index (χ3v) is 4.44. The van der Waals surface area contributed by atoms with E-state index in [1.165, 1.54) is 0 Å². The van der Waals surface area contributed by atoms with Crippen LogP contribution in [0.25, 0.3) is 0 Å². The Morgan fingerprint density at radius 2 is 2.08 bits per heavy atom. The lowest BCUT2D eigenvalue weighted by Crippen LogP contribution is -2.45. The third-order valence-electron chi connectivity index (χ3n) is 4.44. The fourth-order valence-electron chi connectivity index (χ4n) is 2.81. The van der Waals surface area contributed by atoms with Crippen LogP contribution < -0.4 is 10.2 Å². The van der Waals surface area contributed by atoms with Gasteiger partial charge in [-0.2, -0.15) is 0 Å². The number of aryl methyl sites for hydroxylation is 2. The topological polar surface area (TPSA) is 79.2 Å². The maximum atomic E-state index is 12.3. The van der Waals surface area contributed by atoms with Gasteiger partial charge in [-0.3, -0.25) is 4.79 Å². The molecule has 0 aliphatic carbocycles. The standard InChI is InChI=1S/C17H25N7O/c1-14-15(16(25)19-4-3-6-23-7-5-18-13-23)12-20-17(21-14)24-10-8-22(2)9-11-24/h5,7,12-13H,3-4,6,8-11H2,1-2H3,(H,19,25). The molecule has 3 rings (SSSR count). The molecular weight excluding hydrogens is 318 g/mol. The number of nitrogens with one attached hydrogen (secondary N) is 1. The highest BCUT2D eigenvalue weighted by atomic mass is 16.1. The Balaban J connectivity index is 1.52. The molecule has 0 spiro atoms. The van der Waals surface area contributed by atoms with Crippen molar-refractivity contribution < 1.29 is 4.79 Å². The molecule has 2 aromatic heterocycles. The molecule has 1 saturated heterocycles. The van der Waals surface area contributed by atoms with Gasteiger partial charge in [0.2, 0.25) is 5.95 Å². The number of imidazole rings is 1. The van der Waals surface area contributed by atoms with Crippen LogP contribution in [-0.2, 0) is 6.54 Å². The quantitative estimate of drug-likeness (QED) is 0.772. The number of carbonyl (C=O) groups is 1. The van der Waals surface area contributed by atoms with E-state index < -0.39 is 0 Å². The molecule has 3 heterocycles. The Kier molecular flexibility index (Phi) is 5.60. The van der Waals surface area contributed by atoms with E-state index in [9.17, 15) is 4.79 Å². The summed E-state index contributed by atoms with van der Waals surface area (Å²) in [6.45, 7) is 7.13. The average molecular weight is 343 g/mol. The van der Waals surface area contributed by atoms with E-state index >= 15 is 0 Å². The van der Waals surface area contributed by atoms with Crippen molar-refractivity contribution in [1.82, 2.24) is 29.7 Å². The minimum absolute atomic E-state index is 0.118. The van der Waals surface area contributed by atoms with E-state index in [1.807, 2.05) is 17.7 Å². The molecule has 0 unspecified atom stereocenters. The van der Waals surface area contributed by atoms with E-state index in [1.54, 1.807) is 18.7 Å². The van der Waals surface area contributed by atoms with Crippen molar-refractivity contribution in [1.29, 1.82) is 0 Å². The molecule has 1 aliphatic heterocycles. The second kappa shape index (κ2) is 8.06. The predicted molar refractivity (Wildman–Crippen MR) is 95.7 cm³/mol. The molecule has 0 bridgehead atoms. The monoisotopic (exact) mass is 343 g/mol. The van der Waals surface area contributed by atoms with Gasteiger partial charge >= 0.3 is 0 Å². The van der Waals surface area contributed by atoms with Crippen molar-refractivity contribution in [2.45, 2.75) is 19.9 Å². The van der Waals surface area contributed by atoms with Crippen LogP contribution in [0.4, 0.5) is 5.95 Å². The van der Waals surface area contributed by atoms with Gasteiger partial charge in [0.05, 0.1) is 17.6 Å². The van der Waals surface area contributed by atoms with Gasteiger partial charge in [-0.05, 0) is 20.4 Å². The minimum atomic E-state index is -0.118. The highest BCUT2D eigenvalue weighted by molar-refractivity contribution is 5.94. The SMILES string of the molecule is Cc1nc(N2CCN(C)CC2)ncc1C(=O)NCCCn1ccnc1. The third kappa shape index (κ3) is 4.54. The molecule has 0 aromatic carbocycles. The second-order valence-electron chi connectivity index (χ2n) is 6.37. The molecule has 8 nitrogen and oxygen atoms in total. The molecule has 1 fully saturated rings. The summed E-state index contributed by atoms with van der Waals surface area (Å²) in [4.78, 5) is 29.7. The van der Waals surface area contributed by atoms with Gasteiger partial charge in [0.25, 0.3) is 5.91 Å². The van der Waals surface area contributed by atoms with Crippen molar-refractivity contribution in [3.8, 4) is 0 Å². The van der Waals surface area contributed by atoms with Crippen molar-refractivity contribution in [3.63, 3.8) is 0 Å². The normalized spacial score (nSPS) is 15.4. The molecule has 0 atom stereocenters. The summed E-state index contributed by atoms with van der Waals surface area (Å²) in [7, 11) is 2.11. The van der Waals surface area contributed by atoms with E-state index in [-0.39, 0.29) is 5.91 Å². The Morgan fingerprint density at radius 3 is 2.76 bits per heavy atom. The number of nitrogens with zero attached hydrogens (tertiary/aromatic N) is 6. The maximum absolute atomic E-state index is 12.3. The lowest BCUT2D eigenvalue weighted by molar-refractivity contribution is 0.0951. The Labute approximate surface area is 147 Å². The zero-order chi connectivity index (χ0) is 17.6. The van der Waals surface area contributed by atoms with Crippen molar-refractivity contribution in [3.05, 3.63) is 36.2 Å². The minimum Gasteiger partial charge on any atom is -0.352 e. The fourth-order valence-corrected chi connectivity index (χ4v) is 2.81. The summed E-state index contributed by atoms with van der Waals surface area (Å²) >= 11 is 0. The maximum Gasteiger partial charge on any atom is 0.254 e. The molecule has 2 aromatic rings. The van der Waals surface area contributed by atoms with Crippen molar-refractivity contribution >= 4 is 11.9 Å². The lowest BCUT2D eigenvalue weighted by Gasteiger charge is -2.32. The summed E-state index contributed by atoms with van der Waals surface area (Å²) in [6, 6.07) is 0. The number of amides is 1. The zero-order valence-electron chi connectivity index (χ0n) is 14.9. The van der Waals surface area contributed by atoms with Crippen molar-refractivity contribution in [2.75, 3.05) is 44.7 Å². The van der Waals surface area contributed by atoms with Gasteiger partial charge in [-0.25, -0.2) is 15.0 Å². The molecule has 25 heavy (non-hydrogen) atoms. The first-order valence-electron chi connectivity index (χ1n) is 8.64. The van der Waals surface area contributed by atoms with Crippen LogP contribution in [0.1, 0.15) is 22.5 Å². The first kappa shape index (κ1) is 17.3. The average Bonchev–Trinajstić information content (AvgIpc) is 3.12. The van der Waals surface area contributed by atoms with Crippen LogP contribution in [0.2, 0.25) is 0 Å². The Hall–Kier alpha value is -2.48. The van der Waals surface area contributed by atoms with E-state index in [2.05, 4.69) is 37.1 Å². The largest absolute Gasteiger partial charge is 0.352 e. The van der Waals surface area contributed by atoms with Crippen LogP contribution in [-0.4, -0.2) is 70.1 Å². The zero-order valence-corrected chi connectivity index (χ0v) is 14.9. The van der Waals surface area contributed by atoms with Crippen LogP contribution in [0, 0.1) is 6.92 Å². The molecule has 0 saturated carbocycles. The van der Waals surface area contributed by atoms with Gasteiger partial charge in [-0.15, -0.1) is 0 Å². The predicted octanol–water partition coefficient (Wildman–Crippen LogP) is 0.553. The van der Waals surface area contributed by atoms with Crippen molar-refractivity contribution in [2.24, 2.45) is 0 Å². The number of rotatable bonds is 6. The van der Waals surface area contributed by atoms with E-state index in [0.29, 0.717) is 18.1 Å². The van der Waals surface area contributed by atoms with Gasteiger partial charge < -0.3 is 19.7 Å². The number of piperazine rings is 1. The molecule has 8 heteroatoms. The summed E-state index contributed by atoms with van der Waals surface area (Å²) in [5, 5.41) is 2.93.